The van der Waals surface area contributed by atoms with E-state index in [4.69, 9.17) is 5.73 Å². The average Bonchev–Trinajstić information content (AvgIpc) is 3.96. The number of piperazine rings is 1. The van der Waals surface area contributed by atoms with Gasteiger partial charge < -0.3 is 45.1 Å². The van der Waals surface area contributed by atoms with E-state index in [1.807, 2.05) is 0 Å². The number of imidazole rings is 1. The van der Waals surface area contributed by atoms with Gasteiger partial charge in [0.25, 0.3) is 11.8 Å². The molecule has 20 heteroatoms. The lowest BCUT2D eigenvalue weighted by atomic mass is 9.92. The van der Waals surface area contributed by atoms with Crippen LogP contribution in [0.15, 0.2) is 48.8 Å². The van der Waals surface area contributed by atoms with Crippen LogP contribution in [0.2, 0.25) is 0 Å². The first-order valence-electron chi connectivity index (χ1n) is 20.2. The molecule has 2 aliphatic rings. The number of carbonyl (C=O) groups is 4. The number of piperidine rings is 1. The van der Waals surface area contributed by atoms with Gasteiger partial charge >= 0.3 is 12.1 Å². The van der Waals surface area contributed by atoms with Gasteiger partial charge in [0.1, 0.15) is 0 Å². The van der Waals surface area contributed by atoms with Crippen molar-refractivity contribution in [2.45, 2.75) is 38.8 Å². The second-order valence-electron chi connectivity index (χ2n) is 15.8. The third kappa shape index (κ3) is 9.15. The molecule has 0 aliphatic carbocycles. The number of nitrogens with zero attached hydrogens (tertiary/aromatic N) is 8. The van der Waals surface area contributed by atoms with Gasteiger partial charge in [0, 0.05) is 94.6 Å². The van der Waals surface area contributed by atoms with Crippen LogP contribution in [0.5, 0.6) is 0 Å². The van der Waals surface area contributed by atoms with Crippen LogP contribution in [0.25, 0.3) is 28.1 Å². The van der Waals surface area contributed by atoms with Crippen molar-refractivity contribution >= 4 is 40.4 Å². The number of aryl methyl sites for hydroxylation is 1. The Hall–Kier alpha value is -6.12. The largest absolute Gasteiger partial charge is 0.477 e. The van der Waals surface area contributed by atoms with Gasteiger partial charge in [-0.2, -0.15) is 18.3 Å². The fraction of sp³-hybridized carbons (Fsp3) is 0.439. The Bertz CT molecular complexity index is 2440. The van der Waals surface area contributed by atoms with Crippen LogP contribution < -0.4 is 11.1 Å². The summed E-state index contributed by atoms with van der Waals surface area (Å²) in [6.07, 6.45) is -0.209. The van der Waals surface area contributed by atoms with Crippen LogP contribution in [-0.2, 0) is 29.2 Å². The summed E-state index contributed by atoms with van der Waals surface area (Å²) in [5, 5.41) is 25.3. The number of hydrogen-bond donors (Lipinski definition) is 5. The van der Waals surface area contributed by atoms with Gasteiger partial charge in [-0.1, -0.05) is 0 Å². The van der Waals surface area contributed by atoms with Crippen molar-refractivity contribution in [1.29, 1.82) is 0 Å². The molecule has 4 aromatic heterocycles. The molecule has 3 amide bonds. The number of nitrogens with one attached hydrogen (secondary N) is 2. The number of rotatable bonds is 13. The Kier molecular flexibility index (Phi) is 12.3. The topological polar surface area (TPSA) is 218 Å². The van der Waals surface area contributed by atoms with Crippen molar-refractivity contribution in [1.82, 2.24) is 39.1 Å². The van der Waals surface area contributed by atoms with E-state index in [9.17, 15) is 42.6 Å². The van der Waals surface area contributed by atoms with Crippen molar-refractivity contribution in [3.05, 3.63) is 77.1 Å². The maximum absolute atomic E-state index is 14.3. The summed E-state index contributed by atoms with van der Waals surface area (Å²) >= 11 is 0. The number of quaternary nitrogens is 1. The molecule has 17 nitrogen and oxygen atoms in total. The number of alkyl halides is 3. The maximum Gasteiger partial charge on any atom is 0.435 e. The number of H-pyrrole nitrogens is 1. The number of halogens is 3. The van der Waals surface area contributed by atoms with Crippen LogP contribution in [-0.4, -0.2) is 143 Å². The number of aromatic amines is 1. The van der Waals surface area contributed by atoms with Gasteiger partial charge in [-0.05, 0) is 55.4 Å². The van der Waals surface area contributed by atoms with E-state index in [0.29, 0.717) is 104 Å². The quantitative estimate of drug-likeness (QED) is 0.109. The summed E-state index contributed by atoms with van der Waals surface area (Å²) < 4.78 is 45.7. The average molecular weight is 849 g/mol. The Balaban J connectivity index is 0.979. The number of pyridine rings is 1. The van der Waals surface area contributed by atoms with Crippen molar-refractivity contribution in [2.75, 3.05) is 70.8 Å². The number of amides is 3. The second kappa shape index (κ2) is 17.5. The maximum atomic E-state index is 14.3. The zero-order chi connectivity index (χ0) is 43.6. The molecule has 6 heterocycles. The highest BCUT2D eigenvalue weighted by Crippen LogP contribution is 2.37. The molecule has 0 radical (unpaired) electrons. The number of nitrogens with two attached hydrogens (primary N) is 1. The number of carbonyl (C=O) groups excluding carboxylic acids is 3. The number of likely N-dealkylation sites (tertiary alicyclic amines) is 1. The molecule has 0 saturated carbocycles. The monoisotopic (exact) mass is 848 g/mol. The van der Waals surface area contributed by atoms with E-state index in [1.54, 1.807) is 47.1 Å². The lowest BCUT2D eigenvalue weighted by Crippen LogP contribution is -2.58. The fourth-order valence-corrected chi connectivity index (χ4v) is 8.46. The molecule has 0 atom stereocenters. The van der Waals surface area contributed by atoms with Gasteiger partial charge in [0.05, 0.1) is 48.1 Å². The Morgan fingerprint density at radius 1 is 1.03 bits per heavy atom. The van der Waals surface area contributed by atoms with Crippen LogP contribution in [0, 0.1) is 12.8 Å². The number of aliphatic hydroxyl groups is 1. The summed E-state index contributed by atoms with van der Waals surface area (Å²) in [5.74, 6) is -1.97. The van der Waals surface area contributed by atoms with Gasteiger partial charge in [-0.25, -0.2) is 19.4 Å². The van der Waals surface area contributed by atoms with Crippen LogP contribution >= 0.6 is 0 Å². The van der Waals surface area contributed by atoms with Crippen molar-refractivity contribution in [3.63, 3.8) is 0 Å². The molecule has 2 saturated heterocycles. The molecule has 6 N–H and O–H groups in total. The van der Waals surface area contributed by atoms with Gasteiger partial charge in [0.15, 0.2) is 23.9 Å². The number of hydrogen-bond acceptors (Lipinski definition) is 9. The number of aromatic nitrogens is 6. The Labute approximate surface area is 348 Å². The third-order valence-corrected chi connectivity index (χ3v) is 11.7. The first-order valence-corrected chi connectivity index (χ1v) is 20.2. The molecule has 61 heavy (non-hydrogen) atoms. The first kappa shape index (κ1) is 43.0. The molecule has 0 spiro atoms. The number of carboxylic acids is 1. The van der Waals surface area contributed by atoms with Crippen molar-refractivity contribution in [2.24, 2.45) is 18.7 Å². The summed E-state index contributed by atoms with van der Waals surface area (Å²) in [7, 11) is 1.42. The number of carboxylic acid groups (broad SMARTS) is 1. The summed E-state index contributed by atoms with van der Waals surface area (Å²) in [6, 6.07) is 9.67. The van der Waals surface area contributed by atoms with Crippen LogP contribution in [0.3, 0.4) is 0 Å². The highest BCUT2D eigenvalue weighted by molar-refractivity contribution is 6.03. The highest BCUT2D eigenvalue weighted by Gasteiger charge is 2.41. The van der Waals surface area contributed by atoms with E-state index in [0.717, 1.165) is 16.8 Å². The minimum absolute atomic E-state index is 0.00955. The SMILES string of the molecule is Cc1cc(NC(=O)c2ncc(-c3cn(-c4ccc5[nH]c(CCO)cc5n4)nc3C(F)(F)F)n2C)ccc1C(=O)N1CCN(C(=O)C2CC[N+](CCCN)(CC(=O)O)CC2)CC1. The fourth-order valence-electron chi connectivity index (χ4n) is 8.46. The molecule has 324 valence electrons. The summed E-state index contributed by atoms with van der Waals surface area (Å²) in [6.45, 7) is 5.46. The van der Waals surface area contributed by atoms with E-state index < -0.39 is 23.7 Å². The van der Waals surface area contributed by atoms with E-state index >= 15 is 0 Å². The van der Waals surface area contributed by atoms with E-state index in [1.165, 1.54) is 30.1 Å². The standard InChI is InChI=1S/C41H48F3N11O6/c1-25-20-27(4-5-29(25)40(61)53-14-12-52(13-15-53)39(60)26-8-17-55(18-9-26,16-3-11-45)24-35(57)58)48-38(59)37-46-22-33(51(37)2)30-23-54(50-36(30)41(42,43)44)34-7-6-31-32(49-34)21-28(47-31)10-19-56/h4-7,20-23,26,56H,3,8-19,24,45H2,1-2H3,(H2-,47,48,49,57,58,59,61)/p+1. The molecule has 5 aromatic rings. The normalized spacial score (nSPS) is 18.4. The van der Waals surface area contributed by atoms with Gasteiger partial charge in [0.2, 0.25) is 5.91 Å². The van der Waals surface area contributed by atoms with Gasteiger partial charge in [-0.15, -0.1) is 0 Å². The molecule has 2 fully saturated rings. The number of anilines is 1. The van der Waals surface area contributed by atoms with E-state index in [2.05, 4.69) is 25.4 Å². The Morgan fingerprint density at radius 3 is 2.41 bits per heavy atom. The Morgan fingerprint density at radius 2 is 1.75 bits per heavy atom. The molecular weight excluding hydrogens is 800 g/mol. The van der Waals surface area contributed by atoms with Crippen LogP contribution in [0.4, 0.5) is 18.9 Å². The zero-order valence-corrected chi connectivity index (χ0v) is 33.9. The van der Waals surface area contributed by atoms with Crippen molar-refractivity contribution < 1.29 is 47.0 Å². The number of aliphatic hydroxyl groups excluding tert-OH is 1. The molecule has 0 unspecified atom stereocenters. The van der Waals surface area contributed by atoms with Crippen LogP contribution in [0.1, 0.15) is 57.2 Å². The van der Waals surface area contributed by atoms with Crippen molar-refractivity contribution in [3.8, 4) is 17.1 Å². The minimum atomic E-state index is -4.85. The summed E-state index contributed by atoms with van der Waals surface area (Å²) in [5.41, 5.74) is 7.39. The molecule has 1 aromatic carbocycles. The number of aliphatic carboxylic acids is 1. The lowest BCUT2D eigenvalue weighted by Gasteiger charge is -2.44. The molecule has 7 rings (SSSR count). The first-order chi connectivity index (χ1) is 29.1. The highest BCUT2D eigenvalue weighted by atomic mass is 19.4. The molecule has 0 bridgehead atoms. The van der Waals surface area contributed by atoms with E-state index in [-0.39, 0.29) is 53.8 Å². The molecular formula is C41H49F3N11O6+. The predicted molar refractivity (Wildman–Crippen MR) is 217 cm³/mol. The number of benzene rings is 1. The smallest absolute Gasteiger partial charge is 0.435 e. The minimum Gasteiger partial charge on any atom is -0.477 e. The summed E-state index contributed by atoms with van der Waals surface area (Å²) in [4.78, 5) is 67.3. The van der Waals surface area contributed by atoms with Gasteiger partial charge in [-0.3, -0.25) is 14.4 Å². The lowest BCUT2D eigenvalue weighted by molar-refractivity contribution is -0.926. The third-order valence-electron chi connectivity index (χ3n) is 11.7. The molecule has 2 aliphatic heterocycles. The second-order valence-corrected chi connectivity index (χ2v) is 15.8. The number of fused-ring (bicyclic) bond motifs is 1. The zero-order valence-electron chi connectivity index (χ0n) is 33.9. The predicted octanol–water partition coefficient (Wildman–Crippen LogP) is 3.21.